The fraction of sp³-hybridized carbons (Fsp3) is 0.889. The Morgan fingerprint density at radius 1 is 1.38 bits per heavy atom. The molecule has 0 aromatic carbocycles. The smallest absolute Gasteiger partial charge is 0.166 e. The second-order valence-corrected chi connectivity index (χ2v) is 4.77. The van der Waals surface area contributed by atoms with E-state index in [1.807, 2.05) is 11.8 Å². The van der Waals surface area contributed by atoms with Crippen LogP contribution in [0.4, 0.5) is 0 Å². The number of hydrogen-bond donors (Lipinski definition) is 2. The second kappa shape index (κ2) is 8.63. The molecule has 2 nitrogen and oxygen atoms in total. The topological polar surface area (TPSA) is 24.1 Å². The minimum atomic E-state index is 0.644. The van der Waals surface area contributed by atoms with Crippen LogP contribution in [0.1, 0.15) is 20.3 Å². The number of hydrogen-bond acceptors (Lipinski definition) is 2. The van der Waals surface area contributed by atoms with Gasteiger partial charge < -0.3 is 10.6 Å². The Morgan fingerprint density at radius 3 is 2.62 bits per heavy atom. The van der Waals surface area contributed by atoms with Crippen LogP contribution < -0.4 is 10.6 Å². The summed E-state index contributed by atoms with van der Waals surface area (Å²) < 4.78 is 0. The van der Waals surface area contributed by atoms with Crippen LogP contribution in [0.3, 0.4) is 0 Å². The molecule has 0 bridgehead atoms. The summed E-state index contributed by atoms with van der Waals surface area (Å²) in [7, 11) is 0. The highest BCUT2D eigenvalue weighted by atomic mass is 32.2. The lowest BCUT2D eigenvalue weighted by molar-refractivity contribution is 0.619. The standard InChI is InChI=1S/C9H20N2S2/c1-8(2)7-11-9(12)10-5-4-6-13-3/h8H,4-7H2,1-3H3,(H2,10,11,12). The molecule has 0 atom stereocenters. The fourth-order valence-corrected chi connectivity index (χ4v) is 1.40. The van der Waals surface area contributed by atoms with E-state index in [1.165, 1.54) is 12.2 Å². The third-order valence-electron chi connectivity index (χ3n) is 1.48. The summed E-state index contributed by atoms with van der Waals surface area (Å²) in [5.41, 5.74) is 0. The highest BCUT2D eigenvalue weighted by Gasteiger charge is 1.96. The van der Waals surface area contributed by atoms with Crippen LogP contribution in [-0.4, -0.2) is 30.2 Å². The molecule has 0 aromatic rings. The van der Waals surface area contributed by atoms with Crippen molar-refractivity contribution in [3.63, 3.8) is 0 Å². The van der Waals surface area contributed by atoms with Gasteiger partial charge in [0, 0.05) is 13.1 Å². The largest absolute Gasteiger partial charge is 0.363 e. The first-order chi connectivity index (χ1) is 6.16. The molecule has 0 spiro atoms. The fourth-order valence-electron chi connectivity index (χ4n) is 0.778. The van der Waals surface area contributed by atoms with Gasteiger partial charge >= 0.3 is 0 Å². The van der Waals surface area contributed by atoms with Crippen molar-refractivity contribution < 1.29 is 0 Å². The van der Waals surface area contributed by atoms with Crippen LogP contribution in [0.25, 0.3) is 0 Å². The van der Waals surface area contributed by atoms with Gasteiger partial charge in [0.15, 0.2) is 5.11 Å². The van der Waals surface area contributed by atoms with E-state index < -0.39 is 0 Å². The number of nitrogens with one attached hydrogen (secondary N) is 2. The van der Waals surface area contributed by atoms with Gasteiger partial charge in [-0.15, -0.1) is 0 Å². The Kier molecular flexibility index (Phi) is 8.66. The van der Waals surface area contributed by atoms with Crippen molar-refractivity contribution >= 4 is 29.1 Å². The highest BCUT2D eigenvalue weighted by Crippen LogP contribution is 1.93. The Morgan fingerprint density at radius 2 is 2.08 bits per heavy atom. The Hall–Kier alpha value is 0.0400. The molecule has 0 amide bonds. The van der Waals surface area contributed by atoms with E-state index in [1.54, 1.807) is 0 Å². The monoisotopic (exact) mass is 220 g/mol. The van der Waals surface area contributed by atoms with Crippen LogP contribution >= 0.6 is 24.0 Å². The summed E-state index contributed by atoms with van der Waals surface area (Å²) >= 11 is 6.96. The molecule has 78 valence electrons. The molecule has 0 saturated carbocycles. The summed E-state index contributed by atoms with van der Waals surface area (Å²) in [6.45, 7) is 6.27. The predicted octanol–water partition coefficient (Wildman–Crippen LogP) is 1.86. The zero-order valence-corrected chi connectivity index (χ0v) is 10.4. The lowest BCUT2D eigenvalue weighted by Gasteiger charge is -2.11. The van der Waals surface area contributed by atoms with Crippen LogP contribution in [0, 0.1) is 5.92 Å². The van der Waals surface area contributed by atoms with E-state index in [2.05, 4.69) is 30.7 Å². The molecule has 0 aromatic heterocycles. The van der Waals surface area contributed by atoms with Gasteiger partial charge in [-0.05, 0) is 36.6 Å². The van der Waals surface area contributed by atoms with Crippen LogP contribution in [0.2, 0.25) is 0 Å². The summed E-state index contributed by atoms with van der Waals surface area (Å²) in [5.74, 6) is 1.84. The summed E-state index contributed by atoms with van der Waals surface area (Å²) in [5, 5.41) is 7.14. The van der Waals surface area contributed by atoms with Gasteiger partial charge in [0.1, 0.15) is 0 Å². The quantitative estimate of drug-likeness (QED) is 0.527. The number of rotatable bonds is 6. The van der Waals surface area contributed by atoms with Gasteiger partial charge in [-0.3, -0.25) is 0 Å². The van der Waals surface area contributed by atoms with Crippen LogP contribution in [-0.2, 0) is 0 Å². The van der Waals surface area contributed by atoms with Crippen molar-refractivity contribution in [1.29, 1.82) is 0 Å². The molecule has 0 aliphatic rings. The van der Waals surface area contributed by atoms with Crippen molar-refractivity contribution in [3.05, 3.63) is 0 Å². The first-order valence-electron chi connectivity index (χ1n) is 4.67. The predicted molar refractivity (Wildman–Crippen MR) is 66.4 cm³/mol. The van der Waals surface area contributed by atoms with Crippen LogP contribution in [0.5, 0.6) is 0 Å². The molecule has 0 rings (SSSR count). The third-order valence-corrected chi connectivity index (χ3v) is 2.47. The molecule has 0 fully saturated rings. The highest BCUT2D eigenvalue weighted by molar-refractivity contribution is 7.98. The van der Waals surface area contributed by atoms with Crippen molar-refractivity contribution in [2.45, 2.75) is 20.3 Å². The maximum absolute atomic E-state index is 5.09. The van der Waals surface area contributed by atoms with Crippen molar-refractivity contribution in [1.82, 2.24) is 10.6 Å². The molecule has 2 N–H and O–H groups in total. The molecule has 0 unspecified atom stereocenters. The van der Waals surface area contributed by atoms with E-state index in [4.69, 9.17) is 12.2 Å². The average molecular weight is 220 g/mol. The Labute approximate surface area is 91.2 Å². The molecule has 0 saturated heterocycles. The van der Waals surface area contributed by atoms with E-state index in [9.17, 15) is 0 Å². The molecule has 0 heterocycles. The average Bonchev–Trinajstić information content (AvgIpc) is 2.09. The van der Waals surface area contributed by atoms with Crippen molar-refractivity contribution in [2.75, 3.05) is 25.1 Å². The normalized spacial score (nSPS) is 10.2. The summed E-state index contributed by atoms with van der Waals surface area (Å²) in [6, 6.07) is 0. The minimum absolute atomic E-state index is 0.644. The third kappa shape index (κ3) is 9.96. The first-order valence-corrected chi connectivity index (χ1v) is 6.47. The van der Waals surface area contributed by atoms with E-state index >= 15 is 0 Å². The zero-order valence-electron chi connectivity index (χ0n) is 8.72. The first kappa shape index (κ1) is 13.0. The van der Waals surface area contributed by atoms with Gasteiger partial charge in [0.25, 0.3) is 0 Å². The molecular weight excluding hydrogens is 200 g/mol. The second-order valence-electron chi connectivity index (χ2n) is 3.38. The maximum atomic E-state index is 5.09. The maximum Gasteiger partial charge on any atom is 0.166 e. The minimum Gasteiger partial charge on any atom is -0.363 e. The summed E-state index contributed by atoms with van der Waals surface area (Å²) in [4.78, 5) is 0. The van der Waals surface area contributed by atoms with Crippen LogP contribution in [0.15, 0.2) is 0 Å². The van der Waals surface area contributed by atoms with Gasteiger partial charge in [0.05, 0.1) is 0 Å². The summed E-state index contributed by atoms with van der Waals surface area (Å²) in [6.07, 6.45) is 3.29. The van der Waals surface area contributed by atoms with E-state index in [0.717, 1.165) is 18.2 Å². The SMILES string of the molecule is CSCCCNC(=S)NCC(C)C. The molecule has 4 heteroatoms. The number of thiocarbonyl (C=S) groups is 1. The molecule has 0 aliphatic carbocycles. The lowest BCUT2D eigenvalue weighted by Crippen LogP contribution is -2.37. The van der Waals surface area contributed by atoms with Crippen molar-refractivity contribution in [3.8, 4) is 0 Å². The zero-order chi connectivity index (χ0) is 10.1. The lowest BCUT2D eigenvalue weighted by atomic mass is 10.2. The van der Waals surface area contributed by atoms with Gasteiger partial charge in [-0.1, -0.05) is 13.8 Å². The van der Waals surface area contributed by atoms with E-state index in [0.29, 0.717) is 5.92 Å². The molecule has 0 aliphatic heterocycles. The molecule has 0 radical (unpaired) electrons. The molecular formula is C9H20N2S2. The number of thioether (sulfide) groups is 1. The Balaban J connectivity index is 3.20. The van der Waals surface area contributed by atoms with Crippen molar-refractivity contribution in [2.24, 2.45) is 5.92 Å². The van der Waals surface area contributed by atoms with Gasteiger partial charge in [0.2, 0.25) is 0 Å². The Bertz CT molecular complexity index is 138. The molecule has 13 heavy (non-hydrogen) atoms. The van der Waals surface area contributed by atoms with Gasteiger partial charge in [-0.25, -0.2) is 0 Å². The van der Waals surface area contributed by atoms with Gasteiger partial charge in [-0.2, -0.15) is 11.8 Å². The van der Waals surface area contributed by atoms with E-state index in [-0.39, 0.29) is 0 Å².